The van der Waals surface area contributed by atoms with Gasteiger partial charge in [0.2, 0.25) is 0 Å². The average Bonchev–Trinajstić information content (AvgIpc) is 2.75. The number of benzene rings is 3. The second-order valence-electron chi connectivity index (χ2n) is 6.03. The fraction of sp³-hybridized carbons (Fsp3) is 0.111. The number of rotatable bonds is 0. The van der Waals surface area contributed by atoms with E-state index in [1.54, 1.807) is 0 Å². The van der Waals surface area contributed by atoms with E-state index in [0.717, 1.165) is 0 Å². The van der Waals surface area contributed by atoms with Crippen molar-refractivity contribution < 1.29 is 0 Å². The summed E-state index contributed by atoms with van der Waals surface area (Å²) in [7, 11) is -1.33. The first-order valence-corrected chi connectivity index (χ1v) is 9.96. The van der Waals surface area contributed by atoms with Gasteiger partial charge >= 0.3 is 113 Å². The summed E-state index contributed by atoms with van der Waals surface area (Å²) in [5.41, 5.74) is 0. The van der Waals surface area contributed by atoms with Crippen LogP contribution in [0.1, 0.15) is 0 Å². The molecule has 0 aromatic heterocycles. The fourth-order valence-electron chi connectivity index (χ4n) is 3.29. The van der Waals surface area contributed by atoms with E-state index < -0.39 is 7.26 Å². The maximum atomic E-state index is 2.54. The van der Waals surface area contributed by atoms with Crippen LogP contribution in [0, 0.1) is 0 Å². The van der Waals surface area contributed by atoms with Crippen LogP contribution in [0.3, 0.4) is 0 Å². The summed E-state index contributed by atoms with van der Waals surface area (Å²) in [6.07, 6.45) is 0. The first kappa shape index (κ1) is 11.2. The normalized spacial score (nSPS) is 17.8. The van der Waals surface area contributed by atoms with Crippen molar-refractivity contribution in [3.8, 4) is 0 Å². The Balaban J connectivity index is 2.43. The molecule has 0 nitrogen and oxygen atoms in total. The molecule has 0 bridgehead atoms. The van der Waals surface area contributed by atoms with Gasteiger partial charge in [0.15, 0.2) is 0 Å². The Morgan fingerprint density at radius 3 is 1.37 bits per heavy atom. The van der Waals surface area contributed by atoms with E-state index in [1.807, 2.05) is 0 Å². The third kappa shape index (κ3) is 1.57. The predicted octanol–water partition coefficient (Wildman–Crippen LogP) is 3.49. The Hall–Kier alpha value is -1.65. The van der Waals surface area contributed by atoms with E-state index in [2.05, 4.69) is 73.5 Å². The zero-order valence-electron chi connectivity index (χ0n) is 11.3. The van der Waals surface area contributed by atoms with Gasteiger partial charge < -0.3 is 0 Å². The van der Waals surface area contributed by atoms with Crippen molar-refractivity contribution in [1.29, 1.82) is 0 Å². The van der Waals surface area contributed by atoms with E-state index in [9.17, 15) is 0 Å². The molecule has 0 saturated carbocycles. The summed E-state index contributed by atoms with van der Waals surface area (Å²) < 4.78 is 0. The molecule has 3 aromatic rings. The third-order valence-electron chi connectivity index (χ3n) is 4.05. The zero-order chi connectivity index (χ0) is 13.0. The number of hydrogen-bond acceptors (Lipinski definition) is 0. The molecule has 94 valence electrons. The van der Waals surface area contributed by atoms with Crippen LogP contribution in [0.5, 0.6) is 0 Å². The molecule has 19 heavy (non-hydrogen) atoms. The first-order chi connectivity index (χ1) is 9.16. The van der Waals surface area contributed by atoms with E-state index in [0.29, 0.717) is 0 Å². The van der Waals surface area contributed by atoms with Crippen LogP contribution in [0.2, 0.25) is 0 Å². The third-order valence-corrected chi connectivity index (χ3v) is 6.11. The quantitative estimate of drug-likeness (QED) is 0.431. The van der Waals surface area contributed by atoms with E-state index in [4.69, 9.17) is 0 Å². The summed E-state index contributed by atoms with van der Waals surface area (Å²) in [5.74, 6) is 5.08. The molecule has 0 fully saturated rings. The van der Waals surface area contributed by atoms with Crippen molar-refractivity contribution in [2.45, 2.75) is 0 Å². The Kier molecular flexibility index (Phi) is 2.17. The van der Waals surface area contributed by atoms with Crippen molar-refractivity contribution in [3.05, 3.63) is 59.0 Å². The Morgan fingerprint density at radius 1 is 0.579 bits per heavy atom. The van der Waals surface area contributed by atoms with Crippen LogP contribution >= 0.6 is 7.26 Å². The molecule has 0 N–H and O–H groups in total. The first-order valence-electron chi connectivity index (χ1n) is 6.81. The molecule has 0 unspecified atom stereocenters. The summed E-state index contributed by atoms with van der Waals surface area (Å²) in [6, 6.07) is 17.6. The van der Waals surface area contributed by atoms with Gasteiger partial charge in [-0.1, -0.05) is 0 Å². The number of hydrogen-bond donors (Lipinski definition) is 0. The molecule has 1 aliphatic rings. The minimum atomic E-state index is -1.33. The summed E-state index contributed by atoms with van der Waals surface area (Å²) >= 11 is 0. The molecule has 4 rings (SSSR count). The molecular formula is C18H17P. The van der Waals surface area contributed by atoms with Crippen LogP contribution in [0.25, 0.3) is 33.2 Å². The van der Waals surface area contributed by atoms with Gasteiger partial charge in [0.25, 0.3) is 0 Å². The second-order valence-corrected chi connectivity index (χ2v) is 10.2. The van der Waals surface area contributed by atoms with E-state index >= 15 is 0 Å². The van der Waals surface area contributed by atoms with Crippen LogP contribution in [0.15, 0.2) is 48.5 Å². The molecule has 0 saturated heterocycles. The monoisotopic (exact) mass is 264 g/mol. The summed E-state index contributed by atoms with van der Waals surface area (Å²) in [5, 5.41) is 8.51. The molecule has 3 aromatic carbocycles. The van der Waals surface area contributed by atoms with Gasteiger partial charge in [-0.25, -0.2) is 0 Å². The molecule has 0 spiro atoms. The van der Waals surface area contributed by atoms with Crippen molar-refractivity contribution >= 4 is 40.4 Å². The van der Waals surface area contributed by atoms with Crippen molar-refractivity contribution in [3.63, 3.8) is 0 Å². The van der Waals surface area contributed by atoms with Crippen LogP contribution in [-0.4, -0.2) is 13.3 Å². The molecule has 0 radical (unpaired) electrons. The summed E-state index contributed by atoms with van der Waals surface area (Å²) in [4.78, 5) is 0. The molecule has 1 heterocycles. The topological polar surface area (TPSA) is 0 Å². The molecule has 0 aliphatic carbocycles. The van der Waals surface area contributed by atoms with Gasteiger partial charge in [0, 0.05) is 0 Å². The fourth-order valence-corrected chi connectivity index (χ4v) is 5.49. The van der Waals surface area contributed by atoms with Crippen LogP contribution in [0.4, 0.5) is 0 Å². The zero-order valence-corrected chi connectivity index (χ0v) is 12.3. The maximum absolute atomic E-state index is 2.54. The van der Waals surface area contributed by atoms with Crippen molar-refractivity contribution in [2.75, 3.05) is 13.3 Å². The molecule has 1 aliphatic heterocycles. The van der Waals surface area contributed by atoms with Crippen LogP contribution < -0.4 is 10.4 Å². The van der Waals surface area contributed by atoms with Gasteiger partial charge in [-0.05, 0) is 0 Å². The van der Waals surface area contributed by atoms with Gasteiger partial charge in [0.1, 0.15) is 0 Å². The molecule has 0 amide bonds. The minimum absolute atomic E-state index is 1.33. The van der Waals surface area contributed by atoms with Gasteiger partial charge in [-0.3, -0.25) is 0 Å². The molecular weight excluding hydrogens is 247 g/mol. The van der Waals surface area contributed by atoms with E-state index in [-0.39, 0.29) is 0 Å². The second kappa shape index (κ2) is 3.68. The van der Waals surface area contributed by atoms with Crippen LogP contribution in [-0.2, 0) is 0 Å². The Bertz CT molecular complexity index is 856. The molecule has 0 atom stereocenters. The predicted molar refractivity (Wildman–Crippen MR) is 89.8 cm³/mol. The van der Waals surface area contributed by atoms with Gasteiger partial charge in [-0.15, -0.1) is 0 Å². The summed E-state index contributed by atoms with van der Waals surface area (Å²) in [6.45, 7) is 4.83. The Morgan fingerprint density at radius 2 is 0.947 bits per heavy atom. The Labute approximate surface area is 113 Å². The van der Waals surface area contributed by atoms with Crippen molar-refractivity contribution in [2.24, 2.45) is 0 Å². The van der Waals surface area contributed by atoms with Gasteiger partial charge in [0.05, 0.1) is 0 Å². The van der Waals surface area contributed by atoms with Crippen molar-refractivity contribution in [1.82, 2.24) is 0 Å². The SMILES string of the molecule is C[PH]1(C)C=c2c(c3ccccc3c3ccccc23)=C1. The number of fused-ring (bicyclic) bond motifs is 6. The average molecular weight is 264 g/mol. The molecule has 1 heteroatoms. The standard InChI is InChI=1S/C18H17P/c1-19(2)11-17-15-9-5-3-7-13(15)14-8-4-6-10-16(14)18(17)12-19/h3-12,19H,1-2H3. The van der Waals surface area contributed by atoms with Gasteiger partial charge in [-0.2, -0.15) is 0 Å². The van der Waals surface area contributed by atoms with E-state index in [1.165, 1.54) is 32.0 Å².